The van der Waals surface area contributed by atoms with Crippen LogP contribution in [-0.2, 0) is 4.79 Å². The van der Waals surface area contributed by atoms with Crippen molar-refractivity contribution in [3.8, 4) is 11.4 Å². The lowest BCUT2D eigenvalue weighted by Crippen LogP contribution is -2.07. The molecular formula is C17H12N4O3S. The number of aromatic nitrogens is 2. The van der Waals surface area contributed by atoms with Gasteiger partial charge in [-0.1, -0.05) is 18.2 Å². The van der Waals surface area contributed by atoms with Gasteiger partial charge in [-0.25, -0.2) is 4.98 Å². The topological polar surface area (TPSA) is 98.0 Å². The number of carbonyl (C=O) groups excluding carboxylic acids is 1. The highest BCUT2D eigenvalue weighted by Crippen LogP contribution is 2.23. The quantitative estimate of drug-likeness (QED) is 0.428. The molecule has 0 saturated carbocycles. The summed E-state index contributed by atoms with van der Waals surface area (Å²) in [5, 5.41) is 15.8. The number of thiazole rings is 1. The minimum atomic E-state index is -0.489. The molecule has 124 valence electrons. The van der Waals surface area contributed by atoms with Crippen LogP contribution in [0.25, 0.3) is 17.5 Å². The maximum Gasteiger partial charge on any atom is 0.276 e. The average Bonchev–Trinajstić information content (AvgIpc) is 3.09. The van der Waals surface area contributed by atoms with Gasteiger partial charge in [-0.15, -0.1) is 11.3 Å². The fourth-order valence-electron chi connectivity index (χ4n) is 2.07. The summed E-state index contributed by atoms with van der Waals surface area (Å²) in [4.78, 5) is 31.0. The monoisotopic (exact) mass is 352 g/mol. The van der Waals surface area contributed by atoms with Crippen molar-refractivity contribution in [2.45, 2.75) is 0 Å². The van der Waals surface area contributed by atoms with E-state index in [1.807, 2.05) is 18.2 Å². The molecule has 0 unspecified atom stereocenters. The fraction of sp³-hybridized carbons (Fsp3) is 0. The number of para-hydroxylation sites is 1. The van der Waals surface area contributed by atoms with Crippen molar-refractivity contribution in [3.05, 3.63) is 75.8 Å². The lowest BCUT2D eigenvalue weighted by Gasteiger charge is -1.98. The molecule has 2 aromatic heterocycles. The molecule has 3 aromatic rings. The van der Waals surface area contributed by atoms with Crippen molar-refractivity contribution in [3.63, 3.8) is 0 Å². The normalized spacial score (nSPS) is 10.7. The molecule has 0 aliphatic rings. The van der Waals surface area contributed by atoms with Crippen LogP contribution in [0.4, 0.5) is 10.8 Å². The van der Waals surface area contributed by atoms with Gasteiger partial charge in [-0.3, -0.25) is 25.2 Å². The standard InChI is InChI=1S/C17H12N4O3S/c22-16(9-8-12-5-1-2-7-15(12)21(23)24)20-17-19-14(11-25-17)13-6-3-4-10-18-13/h1-11H,(H,19,20,22)/b9-8+. The molecule has 0 fully saturated rings. The first-order valence-electron chi connectivity index (χ1n) is 7.23. The Morgan fingerprint density at radius 1 is 1.16 bits per heavy atom. The summed E-state index contributed by atoms with van der Waals surface area (Å²) >= 11 is 1.28. The zero-order valence-electron chi connectivity index (χ0n) is 12.8. The van der Waals surface area contributed by atoms with Crippen molar-refractivity contribution < 1.29 is 9.72 Å². The Balaban J connectivity index is 1.69. The van der Waals surface area contributed by atoms with Crippen LogP contribution in [0.15, 0.2) is 60.1 Å². The molecular weight excluding hydrogens is 340 g/mol. The second kappa shape index (κ2) is 7.45. The third-order valence-corrected chi connectivity index (χ3v) is 3.97. The van der Waals surface area contributed by atoms with E-state index in [1.54, 1.807) is 29.8 Å². The zero-order chi connectivity index (χ0) is 17.6. The molecule has 8 heteroatoms. The molecule has 2 heterocycles. The number of hydrogen-bond acceptors (Lipinski definition) is 6. The molecule has 0 saturated heterocycles. The minimum Gasteiger partial charge on any atom is -0.298 e. The number of nitro groups is 1. The van der Waals surface area contributed by atoms with Gasteiger partial charge in [0.25, 0.3) is 5.69 Å². The molecule has 0 atom stereocenters. The second-order valence-corrected chi connectivity index (χ2v) is 5.75. The zero-order valence-corrected chi connectivity index (χ0v) is 13.6. The molecule has 0 spiro atoms. The Labute approximate surface area is 146 Å². The van der Waals surface area contributed by atoms with Crippen molar-refractivity contribution >= 4 is 34.1 Å². The van der Waals surface area contributed by atoms with E-state index in [2.05, 4.69) is 15.3 Å². The first-order valence-corrected chi connectivity index (χ1v) is 8.11. The van der Waals surface area contributed by atoms with Crippen LogP contribution in [0.2, 0.25) is 0 Å². The van der Waals surface area contributed by atoms with Crippen LogP contribution in [0, 0.1) is 10.1 Å². The highest BCUT2D eigenvalue weighted by molar-refractivity contribution is 7.14. The summed E-state index contributed by atoms with van der Waals surface area (Å²) in [6, 6.07) is 11.7. The number of anilines is 1. The predicted molar refractivity (Wildman–Crippen MR) is 96.1 cm³/mol. The van der Waals surface area contributed by atoms with Gasteiger partial charge < -0.3 is 0 Å². The summed E-state index contributed by atoms with van der Waals surface area (Å²) in [6.07, 6.45) is 4.31. The molecule has 0 aliphatic heterocycles. The van der Waals surface area contributed by atoms with Gasteiger partial charge in [0.1, 0.15) is 5.69 Å². The van der Waals surface area contributed by atoms with E-state index in [4.69, 9.17) is 0 Å². The first-order chi connectivity index (χ1) is 12.1. The highest BCUT2D eigenvalue weighted by atomic mass is 32.1. The van der Waals surface area contributed by atoms with E-state index < -0.39 is 10.8 Å². The highest BCUT2D eigenvalue weighted by Gasteiger charge is 2.10. The minimum absolute atomic E-state index is 0.0572. The Kier molecular flexibility index (Phi) is 4.91. The largest absolute Gasteiger partial charge is 0.298 e. The number of rotatable bonds is 5. The van der Waals surface area contributed by atoms with E-state index in [-0.39, 0.29) is 5.69 Å². The van der Waals surface area contributed by atoms with Gasteiger partial charge >= 0.3 is 0 Å². The summed E-state index contributed by atoms with van der Waals surface area (Å²) in [7, 11) is 0. The molecule has 1 aromatic carbocycles. The second-order valence-electron chi connectivity index (χ2n) is 4.89. The van der Waals surface area contributed by atoms with E-state index in [9.17, 15) is 14.9 Å². The molecule has 1 N–H and O–H groups in total. The van der Waals surface area contributed by atoms with Gasteiger partial charge in [0, 0.05) is 23.7 Å². The Hall–Kier alpha value is -3.39. The van der Waals surface area contributed by atoms with E-state index in [0.29, 0.717) is 16.4 Å². The van der Waals surface area contributed by atoms with Crippen molar-refractivity contribution in [1.82, 2.24) is 9.97 Å². The van der Waals surface area contributed by atoms with Crippen LogP contribution < -0.4 is 5.32 Å². The van der Waals surface area contributed by atoms with Crippen molar-refractivity contribution in [2.24, 2.45) is 0 Å². The molecule has 7 nitrogen and oxygen atoms in total. The molecule has 3 rings (SSSR count). The Morgan fingerprint density at radius 3 is 2.72 bits per heavy atom. The number of benzene rings is 1. The average molecular weight is 352 g/mol. The van der Waals surface area contributed by atoms with E-state index >= 15 is 0 Å². The number of nitro benzene ring substituents is 1. The van der Waals surface area contributed by atoms with Gasteiger partial charge in [-0.05, 0) is 24.3 Å². The summed E-state index contributed by atoms with van der Waals surface area (Å²) in [5.74, 6) is -0.417. The first kappa shape index (κ1) is 16.5. The number of carbonyl (C=O) groups is 1. The smallest absolute Gasteiger partial charge is 0.276 e. The molecule has 0 aliphatic carbocycles. The van der Waals surface area contributed by atoms with Crippen LogP contribution in [0.5, 0.6) is 0 Å². The molecule has 1 amide bonds. The summed E-state index contributed by atoms with van der Waals surface area (Å²) in [5.41, 5.74) is 1.69. The maximum atomic E-state index is 12.0. The lowest BCUT2D eigenvalue weighted by atomic mass is 10.1. The molecule has 0 radical (unpaired) electrons. The maximum absolute atomic E-state index is 12.0. The number of nitrogens with zero attached hydrogens (tertiary/aromatic N) is 3. The number of hydrogen-bond donors (Lipinski definition) is 1. The van der Waals surface area contributed by atoms with Crippen molar-refractivity contribution in [1.29, 1.82) is 0 Å². The predicted octanol–water partition coefficient (Wildman–Crippen LogP) is 3.77. The number of amides is 1. The van der Waals surface area contributed by atoms with Crippen LogP contribution >= 0.6 is 11.3 Å². The van der Waals surface area contributed by atoms with Crippen molar-refractivity contribution in [2.75, 3.05) is 5.32 Å². The van der Waals surface area contributed by atoms with E-state index in [1.165, 1.54) is 29.6 Å². The van der Waals surface area contributed by atoms with Gasteiger partial charge in [-0.2, -0.15) is 0 Å². The SMILES string of the molecule is O=C(/C=C/c1ccccc1[N+](=O)[O-])Nc1nc(-c2ccccn2)cs1. The summed E-state index contributed by atoms with van der Waals surface area (Å²) in [6.45, 7) is 0. The van der Waals surface area contributed by atoms with Crippen LogP contribution in [0.3, 0.4) is 0 Å². The Morgan fingerprint density at radius 2 is 1.96 bits per heavy atom. The van der Waals surface area contributed by atoms with E-state index in [0.717, 1.165) is 5.69 Å². The molecule has 0 bridgehead atoms. The third-order valence-electron chi connectivity index (χ3n) is 3.21. The number of pyridine rings is 1. The molecule has 25 heavy (non-hydrogen) atoms. The Bertz CT molecular complexity index is 938. The number of nitrogens with one attached hydrogen (secondary N) is 1. The fourth-order valence-corrected chi connectivity index (χ4v) is 2.78. The van der Waals surface area contributed by atoms with Gasteiger partial charge in [0.2, 0.25) is 5.91 Å². The summed E-state index contributed by atoms with van der Waals surface area (Å²) < 4.78 is 0. The van der Waals surface area contributed by atoms with Crippen LogP contribution in [0.1, 0.15) is 5.56 Å². The third kappa shape index (κ3) is 4.12. The lowest BCUT2D eigenvalue weighted by molar-refractivity contribution is -0.385. The van der Waals surface area contributed by atoms with Gasteiger partial charge in [0.05, 0.1) is 16.2 Å². The van der Waals surface area contributed by atoms with Crippen LogP contribution in [-0.4, -0.2) is 20.8 Å². The van der Waals surface area contributed by atoms with Gasteiger partial charge in [0.15, 0.2) is 5.13 Å².